The van der Waals surface area contributed by atoms with Gasteiger partial charge in [0.1, 0.15) is 0 Å². The highest BCUT2D eigenvalue weighted by molar-refractivity contribution is 5.77. The minimum atomic E-state index is -1.15. The standard InChI is InChI=1S/C31H36N4O9/c1-19(36)43-29-27(15-21-11-13-25(14-12-21)34(39)40)32(17-22-7-8-22)31(38)33(18-23-9-10-23)28(30(29)44-20(2)37)16-24-5-3-4-6-26(24)35(41)42/h3-6,11-14,22-23,27-30H,7-10,15-18H2,1-2H3/t27-,28-,29+,30+/m1/s1. The van der Waals surface area contributed by atoms with Gasteiger partial charge in [0.2, 0.25) is 0 Å². The number of amides is 2. The lowest BCUT2D eigenvalue weighted by atomic mass is 9.90. The number of nitro benzene ring substituents is 2. The van der Waals surface area contributed by atoms with E-state index in [4.69, 9.17) is 9.47 Å². The smallest absolute Gasteiger partial charge is 0.320 e. The number of nitro groups is 2. The number of non-ortho nitro benzene ring substituents is 1. The Morgan fingerprint density at radius 2 is 1.27 bits per heavy atom. The summed E-state index contributed by atoms with van der Waals surface area (Å²) in [6.07, 6.45) is 1.60. The summed E-state index contributed by atoms with van der Waals surface area (Å²) in [6, 6.07) is 10.2. The van der Waals surface area contributed by atoms with Gasteiger partial charge in [-0.25, -0.2) is 4.79 Å². The van der Waals surface area contributed by atoms with Crippen LogP contribution in [0, 0.1) is 32.1 Å². The van der Waals surface area contributed by atoms with Crippen LogP contribution in [0.3, 0.4) is 0 Å². The van der Waals surface area contributed by atoms with Gasteiger partial charge < -0.3 is 19.3 Å². The van der Waals surface area contributed by atoms with E-state index in [0.29, 0.717) is 24.2 Å². The third kappa shape index (κ3) is 7.32. The van der Waals surface area contributed by atoms with Crippen LogP contribution < -0.4 is 0 Å². The molecule has 0 aromatic heterocycles. The quantitative estimate of drug-likeness (QED) is 0.192. The van der Waals surface area contributed by atoms with Gasteiger partial charge in [-0.3, -0.25) is 29.8 Å². The fourth-order valence-corrected chi connectivity index (χ4v) is 6.03. The molecular weight excluding hydrogens is 572 g/mol. The lowest BCUT2D eigenvalue weighted by Gasteiger charge is -2.37. The normalized spacial score (nSPS) is 23.5. The van der Waals surface area contributed by atoms with E-state index in [1.807, 2.05) is 0 Å². The van der Waals surface area contributed by atoms with E-state index in [0.717, 1.165) is 25.7 Å². The molecule has 2 amide bonds. The minimum Gasteiger partial charge on any atom is -0.456 e. The van der Waals surface area contributed by atoms with Crippen molar-refractivity contribution in [2.24, 2.45) is 11.8 Å². The first-order chi connectivity index (χ1) is 21.0. The van der Waals surface area contributed by atoms with Crippen molar-refractivity contribution in [1.82, 2.24) is 9.80 Å². The summed E-state index contributed by atoms with van der Waals surface area (Å²) in [4.78, 5) is 65.5. The van der Waals surface area contributed by atoms with Crippen LogP contribution in [0.15, 0.2) is 48.5 Å². The Morgan fingerprint density at radius 3 is 1.73 bits per heavy atom. The molecule has 2 aromatic carbocycles. The SMILES string of the molecule is CC(=O)O[C@@H]1[C@@H](OC(C)=O)[C@@H](Cc2ccccc2[N+](=O)[O-])N(CC2CC2)C(=O)N(CC2CC2)[C@@H]1Cc1ccc([N+](=O)[O-])cc1. The molecule has 234 valence electrons. The highest BCUT2D eigenvalue weighted by Crippen LogP contribution is 2.39. The maximum Gasteiger partial charge on any atom is 0.320 e. The Morgan fingerprint density at radius 1 is 0.773 bits per heavy atom. The number of carbonyl (C=O) groups excluding carboxylic acids is 3. The first-order valence-corrected chi connectivity index (χ1v) is 14.9. The molecule has 4 atom stereocenters. The van der Waals surface area contributed by atoms with Crippen LogP contribution in [0.4, 0.5) is 16.2 Å². The fourth-order valence-electron chi connectivity index (χ4n) is 6.03. The molecule has 0 bridgehead atoms. The van der Waals surface area contributed by atoms with Crippen molar-refractivity contribution in [2.75, 3.05) is 13.1 Å². The maximum absolute atomic E-state index is 14.6. The van der Waals surface area contributed by atoms with Gasteiger partial charge in [-0.15, -0.1) is 0 Å². The second-order valence-corrected chi connectivity index (χ2v) is 12.0. The Hall–Kier alpha value is -4.55. The zero-order valence-electron chi connectivity index (χ0n) is 24.7. The molecule has 0 N–H and O–H groups in total. The van der Waals surface area contributed by atoms with Gasteiger partial charge in [0, 0.05) is 57.1 Å². The zero-order valence-corrected chi connectivity index (χ0v) is 24.7. The van der Waals surface area contributed by atoms with Crippen LogP contribution in [0.2, 0.25) is 0 Å². The average Bonchev–Trinajstić information content (AvgIpc) is 3.90. The summed E-state index contributed by atoms with van der Waals surface area (Å²) >= 11 is 0. The lowest BCUT2D eigenvalue weighted by Crippen LogP contribution is -2.54. The van der Waals surface area contributed by atoms with Gasteiger partial charge in [-0.2, -0.15) is 0 Å². The molecule has 2 aliphatic carbocycles. The van der Waals surface area contributed by atoms with Crippen molar-refractivity contribution in [3.8, 4) is 0 Å². The molecule has 5 rings (SSSR count). The molecule has 2 saturated carbocycles. The molecule has 0 unspecified atom stereocenters. The predicted octanol–water partition coefficient (Wildman–Crippen LogP) is 4.45. The number of nitrogens with zero attached hydrogens (tertiary/aromatic N) is 4. The number of hydrogen-bond acceptors (Lipinski definition) is 9. The Bertz CT molecular complexity index is 1420. The van der Waals surface area contributed by atoms with E-state index >= 15 is 0 Å². The van der Waals surface area contributed by atoms with E-state index in [-0.39, 0.29) is 42.1 Å². The molecule has 1 heterocycles. The molecule has 1 saturated heterocycles. The minimum absolute atomic E-state index is 0.00710. The predicted molar refractivity (Wildman–Crippen MR) is 157 cm³/mol. The van der Waals surface area contributed by atoms with Crippen molar-refractivity contribution in [1.29, 1.82) is 0 Å². The number of urea groups is 1. The van der Waals surface area contributed by atoms with Crippen LogP contribution in [0.25, 0.3) is 0 Å². The summed E-state index contributed by atoms with van der Waals surface area (Å²) < 4.78 is 11.9. The molecule has 2 aromatic rings. The second kappa shape index (κ2) is 13.0. The third-order valence-corrected chi connectivity index (χ3v) is 8.49. The number of para-hydroxylation sites is 1. The molecule has 44 heavy (non-hydrogen) atoms. The van der Waals surface area contributed by atoms with Gasteiger partial charge in [0.05, 0.1) is 21.9 Å². The number of rotatable bonds is 12. The van der Waals surface area contributed by atoms with E-state index in [9.17, 15) is 34.6 Å². The van der Waals surface area contributed by atoms with Crippen LogP contribution in [0.5, 0.6) is 0 Å². The van der Waals surface area contributed by atoms with Gasteiger partial charge in [0.25, 0.3) is 11.4 Å². The summed E-state index contributed by atoms with van der Waals surface area (Å²) in [5.41, 5.74) is 0.810. The lowest BCUT2D eigenvalue weighted by molar-refractivity contribution is -0.385. The van der Waals surface area contributed by atoms with Crippen molar-refractivity contribution in [2.45, 2.75) is 76.7 Å². The van der Waals surface area contributed by atoms with E-state index in [2.05, 4.69) is 0 Å². The van der Waals surface area contributed by atoms with Crippen LogP contribution >= 0.6 is 0 Å². The van der Waals surface area contributed by atoms with Crippen molar-refractivity contribution >= 4 is 29.3 Å². The first-order valence-electron chi connectivity index (χ1n) is 14.9. The van der Waals surface area contributed by atoms with Gasteiger partial charge in [-0.05, 0) is 49.5 Å². The molecule has 1 aliphatic heterocycles. The maximum atomic E-state index is 14.6. The first kappa shape index (κ1) is 30.9. The molecule has 13 nitrogen and oxygen atoms in total. The molecule has 3 aliphatic rings. The topological polar surface area (TPSA) is 162 Å². The Labute approximate surface area is 254 Å². The third-order valence-electron chi connectivity index (χ3n) is 8.49. The summed E-state index contributed by atoms with van der Waals surface area (Å²) in [5.74, 6) is -0.813. The highest BCUT2D eigenvalue weighted by Gasteiger charge is 2.52. The molecule has 0 spiro atoms. The van der Waals surface area contributed by atoms with E-state index in [1.165, 1.54) is 32.0 Å². The number of carbonyl (C=O) groups is 3. The Kier molecular flexibility index (Phi) is 9.12. The monoisotopic (exact) mass is 608 g/mol. The van der Waals surface area contributed by atoms with Crippen molar-refractivity contribution in [3.63, 3.8) is 0 Å². The van der Waals surface area contributed by atoms with Crippen LogP contribution in [0.1, 0.15) is 50.7 Å². The van der Waals surface area contributed by atoms with Crippen molar-refractivity contribution < 1.29 is 33.7 Å². The van der Waals surface area contributed by atoms with Gasteiger partial charge in [-0.1, -0.05) is 30.3 Å². The highest BCUT2D eigenvalue weighted by atomic mass is 16.6. The Balaban J connectivity index is 1.64. The van der Waals surface area contributed by atoms with Crippen molar-refractivity contribution in [3.05, 3.63) is 79.9 Å². The van der Waals surface area contributed by atoms with Gasteiger partial charge >= 0.3 is 18.0 Å². The molecule has 13 heteroatoms. The molecule has 0 radical (unpaired) electrons. The molecule has 3 fully saturated rings. The fraction of sp³-hybridized carbons (Fsp3) is 0.516. The summed E-state index contributed by atoms with van der Waals surface area (Å²) in [6.45, 7) is 3.23. The summed E-state index contributed by atoms with van der Waals surface area (Å²) in [5, 5.41) is 23.2. The zero-order chi connectivity index (χ0) is 31.5. The number of ether oxygens (including phenoxy) is 2. The number of benzene rings is 2. The number of esters is 2. The number of hydrogen-bond donors (Lipinski definition) is 0. The average molecular weight is 609 g/mol. The van der Waals surface area contributed by atoms with E-state index < -0.39 is 46.1 Å². The van der Waals surface area contributed by atoms with E-state index in [1.54, 1.807) is 40.1 Å². The van der Waals surface area contributed by atoms with Crippen LogP contribution in [-0.2, 0) is 31.9 Å². The van der Waals surface area contributed by atoms with Gasteiger partial charge in [0.15, 0.2) is 12.2 Å². The largest absolute Gasteiger partial charge is 0.456 e. The summed E-state index contributed by atoms with van der Waals surface area (Å²) in [7, 11) is 0. The second-order valence-electron chi connectivity index (χ2n) is 12.0. The van der Waals surface area contributed by atoms with Crippen LogP contribution in [-0.4, -0.2) is 75.0 Å². The molecular formula is C31H36N4O9.